The number of hydrogen-bond donors (Lipinski definition) is 1. The monoisotopic (exact) mass is 274 g/mol. The molecule has 0 radical (unpaired) electrons. The van der Waals surface area contributed by atoms with Crippen LogP contribution in [-0.4, -0.2) is 56.2 Å². The predicted octanol–water partition coefficient (Wildman–Crippen LogP) is 0.542. The highest BCUT2D eigenvalue weighted by atomic mass is 16.5. The van der Waals surface area contributed by atoms with Crippen LogP contribution >= 0.6 is 0 Å². The molecule has 6 heteroatoms. The van der Waals surface area contributed by atoms with Crippen molar-refractivity contribution in [2.24, 2.45) is 5.73 Å². The quantitative estimate of drug-likeness (QED) is 0.588. The van der Waals surface area contributed by atoms with Gasteiger partial charge < -0.3 is 20.1 Å². The largest absolute Gasteiger partial charge is 0.465 e. The lowest BCUT2D eigenvalue weighted by molar-refractivity contribution is -0.149. The van der Waals surface area contributed by atoms with E-state index in [1.807, 2.05) is 6.92 Å². The fraction of sp³-hybridized carbons (Fsp3) is 0.846. The summed E-state index contributed by atoms with van der Waals surface area (Å²) >= 11 is 0. The van der Waals surface area contributed by atoms with E-state index in [1.165, 1.54) is 4.90 Å². The maximum atomic E-state index is 12.1. The Kier molecular flexibility index (Phi) is 10.1. The predicted molar refractivity (Wildman–Crippen MR) is 72.6 cm³/mol. The highest BCUT2D eigenvalue weighted by Gasteiger charge is 2.19. The first kappa shape index (κ1) is 17.9. The summed E-state index contributed by atoms with van der Waals surface area (Å²) in [5, 5.41) is 0. The number of ether oxygens (including phenoxy) is 2. The number of rotatable bonds is 10. The van der Waals surface area contributed by atoms with Gasteiger partial charge in [-0.15, -0.1) is 0 Å². The van der Waals surface area contributed by atoms with Gasteiger partial charge in [0.05, 0.1) is 13.2 Å². The third kappa shape index (κ3) is 8.56. The summed E-state index contributed by atoms with van der Waals surface area (Å²) in [5.41, 5.74) is 5.85. The third-order valence-corrected chi connectivity index (χ3v) is 2.64. The molecule has 112 valence electrons. The maximum Gasteiger partial charge on any atom is 0.325 e. The van der Waals surface area contributed by atoms with Crippen molar-refractivity contribution >= 4 is 11.9 Å². The van der Waals surface area contributed by atoms with Gasteiger partial charge in [0.25, 0.3) is 0 Å². The molecule has 0 aromatic heterocycles. The van der Waals surface area contributed by atoms with Crippen molar-refractivity contribution in [3.63, 3.8) is 0 Å². The number of nitrogens with zero attached hydrogens (tertiary/aromatic N) is 1. The first-order valence-corrected chi connectivity index (χ1v) is 6.73. The molecule has 0 bridgehead atoms. The van der Waals surface area contributed by atoms with Crippen LogP contribution in [0.5, 0.6) is 0 Å². The molecule has 0 aliphatic heterocycles. The summed E-state index contributed by atoms with van der Waals surface area (Å²) < 4.78 is 9.79. The van der Waals surface area contributed by atoms with Gasteiger partial charge in [0.15, 0.2) is 0 Å². The van der Waals surface area contributed by atoms with E-state index in [0.717, 1.165) is 12.8 Å². The van der Waals surface area contributed by atoms with Gasteiger partial charge in [-0.25, -0.2) is 0 Å². The minimum absolute atomic E-state index is 0.0467. The average molecular weight is 274 g/mol. The van der Waals surface area contributed by atoms with Gasteiger partial charge >= 0.3 is 5.97 Å². The lowest BCUT2D eigenvalue weighted by Crippen LogP contribution is -2.41. The van der Waals surface area contributed by atoms with E-state index < -0.39 is 5.97 Å². The van der Waals surface area contributed by atoms with Crippen LogP contribution in [0.15, 0.2) is 0 Å². The van der Waals surface area contributed by atoms with E-state index >= 15 is 0 Å². The van der Waals surface area contributed by atoms with Gasteiger partial charge in [0.2, 0.25) is 5.91 Å². The van der Waals surface area contributed by atoms with Crippen molar-refractivity contribution in [2.45, 2.75) is 39.2 Å². The molecule has 0 aliphatic carbocycles. The highest BCUT2D eigenvalue weighted by Crippen LogP contribution is 2.03. The molecular formula is C13H26N2O4. The van der Waals surface area contributed by atoms with Crippen LogP contribution < -0.4 is 5.73 Å². The Bertz CT molecular complexity index is 271. The number of carbonyl (C=O) groups is 2. The fourth-order valence-corrected chi connectivity index (χ4v) is 1.68. The third-order valence-electron chi connectivity index (χ3n) is 2.64. The van der Waals surface area contributed by atoms with Crippen LogP contribution in [0.3, 0.4) is 0 Å². The van der Waals surface area contributed by atoms with E-state index in [4.69, 9.17) is 15.2 Å². The summed E-state index contributed by atoms with van der Waals surface area (Å²) in [7, 11) is 1.55. The van der Waals surface area contributed by atoms with Crippen LogP contribution in [-0.2, 0) is 19.1 Å². The van der Waals surface area contributed by atoms with E-state index in [0.29, 0.717) is 19.8 Å². The molecule has 0 rings (SSSR count). The van der Waals surface area contributed by atoms with Gasteiger partial charge in [0, 0.05) is 26.1 Å². The summed E-state index contributed by atoms with van der Waals surface area (Å²) in [6.07, 6.45) is 1.98. The zero-order chi connectivity index (χ0) is 14.7. The van der Waals surface area contributed by atoms with Crippen LogP contribution in [0.1, 0.15) is 33.1 Å². The second-order valence-corrected chi connectivity index (χ2v) is 4.37. The average Bonchev–Trinajstić information content (AvgIpc) is 2.34. The summed E-state index contributed by atoms with van der Waals surface area (Å²) in [6.45, 7) is 4.76. The van der Waals surface area contributed by atoms with Crippen LogP contribution in [0.25, 0.3) is 0 Å². The van der Waals surface area contributed by atoms with Crippen LogP contribution in [0, 0.1) is 0 Å². The molecule has 19 heavy (non-hydrogen) atoms. The van der Waals surface area contributed by atoms with Gasteiger partial charge in [0.1, 0.15) is 6.54 Å². The molecule has 0 saturated heterocycles. The minimum Gasteiger partial charge on any atom is -0.465 e. The number of hydrogen-bond acceptors (Lipinski definition) is 5. The van der Waals surface area contributed by atoms with E-state index in [-0.39, 0.29) is 24.9 Å². The van der Waals surface area contributed by atoms with Crippen molar-refractivity contribution in [3.05, 3.63) is 0 Å². The molecule has 0 fully saturated rings. The van der Waals surface area contributed by atoms with Gasteiger partial charge in [-0.05, 0) is 13.3 Å². The Labute approximate surface area is 115 Å². The molecule has 1 amide bonds. The summed E-state index contributed by atoms with van der Waals surface area (Å²) in [6, 6.07) is -0.162. The molecule has 0 aromatic carbocycles. The number of esters is 1. The van der Waals surface area contributed by atoms with Crippen molar-refractivity contribution < 1.29 is 19.1 Å². The SMILES string of the molecule is CCCC(N)CC(=O)N(CCOC)CC(=O)OCC. The fourth-order valence-electron chi connectivity index (χ4n) is 1.68. The van der Waals surface area contributed by atoms with Crippen molar-refractivity contribution in [3.8, 4) is 0 Å². The van der Waals surface area contributed by atoms with Crippen molar-refractivity contribution in [1.29, 1.82) is 0 Å². The zero-order valence-corrected chi connectivity index (χ0v) is 12.2. The molecule has 0 heterocycles. The Hall–Kier alpha value is -1.14. The lowest BCUT2D eigenvalue weighted by Gasteiger charge is -2.23. The Balaban J connectivity index is 4.37. The van der Waals surface area contributed by atoms with Crippen LogP contribution in [0.4, 0.5) is 0 Å². The summed E-state index contributed by atoms with van der Waals surface area (Å²) in [5.74, 6) is -0.540. The molecule has 0 saturated carbocycles. The molecule has 6 nitrogen and oxygen atoms in total. The molecular weight excluding hydrogens is 248 g/mol. The van der Waals surface area contributed by atoms with E-state index in [1.54, 1.807) is 14.0 Å². The number of methoxy groups -OCH3 is 1. The standard InChI is InChI=1S/C13H26N2O4/c1-4-6-11(14)9-12(16)15(7-8-18-3)10-13(17)19-5-2/h11H,4-10,14H2,1-3H3. The van der Waals surface area contributed by atoms with Crippen molar-refractivity contribution in [2.75, 3.05) is 33.4 Å². The highest BCUT2D eigenvalue weighted by molar-refractivity contribution is 5.82. The lowest BCUT2D eigenvalue weighted by atomic mass is 10.1. The summed E-state index contributed by atoms with van der Waals surface area (Å²) in [4.78, 5) is 24.9. The minimum atomic E-state index is -0.406. The Morgan fingerprint density at radius 2 is 2.00 bits per heavy atom. The van der Waals surface area contributed by atoms with Crippen LogP contribution in [0.2, 0.25) is 0 Å². The zero-order valence-electron chi connectivity index (χ0n) is 12.2. The first-order valence-electron chi connectivity index (χ1n) is 6.73. The van der Waals surface area contributed by atoms with E-state index in [2.05, 4.69) is 0 Å². The molecule has 0 spiro atoms. The molecule has 1 atom stereocenters. The molecule has 1 unspecified atom stereocenters. The first-order chi connectivity index (χ1) is 9.04. The number of amides is 1. The Morgan fingerprint density at radius 1 is 1.32 bits per heavy atom. The van der Waals surface area contributed by atoms with Gasteiger partial charge in [-0.3, -0.25) is 9.59 Å². The van der Waals surface area contributed by atoms with Gasteiger partial charge in [-0.1, -0.05) is 13.3 Å². The number of carbonyl (C=O) groups excluding carboxylic acids is 2. The number of nitrogens with two attached hydrogens (primary N) is 1. The molecule has 0 aliphatic rings. The van der Waals surface area contributed by atoms with E-state index in [9.17, 15) is 9.59 Å². The Morgan fingerprint density at radius 3 is 2.53 bits per heavy atom. The molecule has 2 N–H and O–H groups in total. The smallest absolute Gasteiger partial charge is 0.325 e. The normalized spacial score (nSPS) is 12.0. The molecule has 0 aromatic rings. The topological polar surface area (TPSA) is 81.9 Å². The second-order valence-electron chi connectivity index (χ2n) is 4.37. The second kappa shape index (κ2) is 10.8. The van der Waals surface area contributed by atoms with Gasteiger partial charge in [-0.2, -0.15) is 0 Å². The maximum absolute atomic E-state index is 12.1. The van der Waals surface area contributed by atoms with Crippen molar-refractivity contribution in [1.82, 2.24) is 4.90 Å².